The summed E-state index contributed by atoms with van der Waals surface area (Å²) in [5, 5.41) is 2.75. The second-order valence-corrected chi connectivity index (χ2v) is 6.03. The molecule has 1 aromatic rings. The topological polar surface area (TPSA) is 49.4 Å². The Labute approximate surface area is 121 Å². The lowest BCUT2D eigenvalue weighted by molar-refractivity contribution is -0.146. The molecule has 0 aliphatic carbocycles. The van der Waals surface area contributed by atoms with Gasteiger partial charge in [-0.3, -0.25) is 9.59 Å². The minimum atomic E-state index is -0.409. The SMILES string of the molecule is CC(C)C1NC(=O)CN(Cc2cccc(Br)c2)C1=O. The van der Waals surface area contributed by atoms with Crippen LogP contribution < -0.4 is 5.32 Å². The quantitative estimate of drug-likeness (QED) is 0.923. The van der Waals surface area contributed by atoms with Crippen LogP contribution in [0.2, 0.25) is 0 Å². The van der Waals surface area contributed by atoms with E-state index in [0.29, 0.717) is 6.54 Å². The van der Waals surface area contributed by atoms with E-state index in [1.54, 1.807) is 4.90 Å². The summed E-state index contributed by atoms with van der Waals surface area (Å²) in [6.45, 7) is 4.47. The molecule has 0 radical (unpaired) electrons. The van der Waals surface area contributed by atoms with Crippen LogP contribution in [0.5, 0.6) is 0 Å². The lowest BCUT2D eigenvalue weighted by atomic mass is 10.0. The van der Waals surface area contributed by atoms with Crippen LogP contribution in [-0.2, 0) is 16.1 Å². The maximum atomic E-state index is 12.3. The van der Waals surface area contributed by atoms with Crippen LogP contribution in [-0.4, -0.2) is 29.3 Å². The van der Waals surface area contributed by atoms with E-state index in [2.05, 4.69) is 21.2 Å². The molecule has 0 spiro atoms. The second-order valence-electron chi connectivity index (χ2n) is 5.11. The number of rotatable bonds is 3. The molecular formula is C14H17BrN2O2. The molecule has 1 heterocycles. The van der Waals surface area contributed by atoms with Gasteiger partial charge in [0.05, 0.1) is 6.54 Å². The van der Waals surface area contributed by atoms with Gasteiger partial charge in [0.25, 0.3) is 0 Å². The number of hydrogen-bond acceptors (Lipinski definition) is 2. The van der Waals surface area contributed by atoms with Crippen LogP contribution >= 0.6 is 15.9 Å². The van der Waals surface area contributed by atoms with E-state index >= 15 is 0 Å². The molecule has 1 unspecified atom stereocenters. The smallest absolute Gasteiger partial charge is 0.246 e. The van der Waals surface area contributed by atoms with Crippen molar-refractivity contribution in [3.63, 3.8) is 0 Å². The first-order valence-electron chi connectivity index (χ1n) is 6.30. The molecule has 0 saturated carbocycles. The zero-order valence-corrected chi connectivity index (χ0v) is 12.6. The highest BCUT2D eigenvalue weighted by Crippen LogP contribution is 2.17. The van der Waals surface area contributed by atoms with Crippen LogP contribution in [0.15, 0.2) is 28.7 Å². The summed E-state index contributed by atoms with van der Waals surface area (Å²) in [6, 6.07) is 7.37. The van der Waals surface area contributed by atoms with Gasteiger partial charge in [0.1, 0.15) is 6.04 Å². The Bertz CT molecular complexity index is 502. The first-order valence-corrected chi connectivity index (χ1v) is 7.09. The lowest BCUT2D eigenvalue weighted by Gasteiger charge is -2.34. The Hall–Kier alpha value is -1.36. The molecule has 1 N–H and O–H groups in total. The Morgan fingerprint density at radius 2 is 2.16 bits per heavy atom. The number of amides is 2. The van der Waals surface area contributed by atoms with Crippen LogP contribution in [0.3, 0.4) is 0 Å². The number of benzene rings is 1. The summed E-state index contributed by atoms with van der Waals surface area (Å²) in [5.41, 5.74) is 1.01. The summed E-state index contributed by atoms with van der Waals surface area (Å²) >= 11 is 3.41. The summed E-state index contributed by atoms with van der Waals surface area (Å²) < 4.78 is 0.972. The molecule has 0 aromatic heterocycles. The van der Waals surface area contributed by atoms with Crippen molar-refractivity contribution in [3.05, 3.63) is 34.3 Å². The van der Waals surface area contributed by atoms with Gasteiger partial charge in [-0.15, -0.1) is 0 Å². The third-order valence-electron chi connectivity index (χ3n) is 3.16. The molecular weight excluding hydrogens is 308 g/mol. The minimum Gasteiger partial charge on any atom is -0.343 e. The number of carbonyl (C=O) groups is 2. The Morgan fingerprint density at radius 3 is 2.79 bits per heavy atom. The van der Waals surface area contributed by atoms with Gasteiger partial charge in [0.2, 0.25) is 11.8 Å². The van der Waals surface area contributed by atoms with Gasteiger partial charge in [-0.25, -0.2) is 0 Å². The first kappa shape index (κ1) is 14.1. The van der Waals surface area contributed by atoms with Crippen molar-refractivity contribution in [2.75, 3.05) is 6.54 Å². The molecule has 19 heavy (non-hydrogen) atoms. The standard InChI is InChI=1S/C14H17BrN2O2/c1-9(2)13-14(19)17(8-12(18)16-13)7-10-4-3-5-11(15)6-10/h3-6,9,13H,7-8H2,1-2H3,(H,16,18). The molecule has 102 valence electrons. The molecule has 2 rings (SSSR count). The predicted molar refractivity (Wildman–Crippen MR) is 76.3 cm³/mol. The summed E-state index contributed by atoms with van der Waals surface area (Å²) in [7, 11) is 0. The molecule has 2 amide bonds. The van der Waals surface area contributed by atoms with Gasteiger partial charge in [-0.05, 0) is 23.6 Å². The van der Waals surface area contributed by atoms with Gasteiger partial charge in [0.15, 0.2) is 0 Å². The van der Waals surface area contributed by atoms with E-state index in [4.69, 9.17) is 0 Å². The van der Waals surface area contributed by atoms with Gasteiger partial charge < -0.3 is 10.2 Å². The maximum Gasteiger partial charge on any atom is 0.246 e. The first-order chi connectivity index (χ1) is 8.97. The monoisotopic (exact) mass is 324 g/mol. The molecule has 1 saturated heterocycles. The molecule has 1 aliphatic rings. The van der Waals surface area contributed by atoms with E-state index in [1.165, 1.54) is 0 Å². The van der Waals surface area contributed by atoms with E-state index in [1.807, 2.05) is 38.1 Å². The highest BCUT2D eigenvalue weighted by atomic mass is 79.9. The van der Waals surface area contributed by atoms with Crippen LogP contribution in [0.1, 0.15) is 19.4 Å². The summed E-state index contributed by atoms with van der Waals surface area (Å²) in [4.78, 5) is 25.6. The Morgan fingerprint density at radius 1 is 1.42 bits per heavy atom. The van der Waals surface area contributed by atoms with Crippen molar-refractivity contribution in [1.29, 1.82) is 0 Å². The van der Waals surface area contributed by atoms with Crippen molar-refractivity contribution in [2.24, 2.45) is 5.92 Å². The predicted octanol–water partition coefficient (Wildman–Crippen LogP) is 1.93. The van der Waals surface area contributed by atoms with Crippen molar-refractivity contribution >= 4 is 27.7 Å². The molecule has 1 aromatic carbocycles. The van der Waals surface area contributed by atoms with Crippen molar-refractivity contribution < 1.29 is 9.59 Å². The van der Waals surface area contributed by atoms with Gasteiger partial charge >= 0.3 is 0 Å². The second kappa shape index (κ2) is 5.74. The molecule has 0 bridgehead atoms. The zero-order chi connectivity index (χ0) is 14.0. The van der Waals surface area contributed by atoms with Gasteiger partial charge in [0, 0.05) is 11.0 Å². The van der Waals surface area contributed by atoms with Gasteiger partial charge in [-0.2, -0.15) is 0 Å². The molecule has 1 atom stereocenters. The fourth-order valence-electron chi connectivity index (χ4n) is 2.17. The number of piperazine rings is 1. The number of halogens is 1. The van der Waals surface area contributed by atoms with E-state index in [0.717, 1.165) is 10.0 Å². The highest BCUT2D eigenvalue weighted by Gasteiger charge is 2.34. The normalized spacial score (nSPS) is 19.8. The van der Waals surface area contributed by atoms with E-state index in [9.17, 15) is 9.59 Å². The Balaban J connectivity index is 2.14. The average Bonchev–Trinajstić information content (AvgIpc) is 2.33. The van der Waals surface area contributed by atoms with Crippen LogP contribution in [0, 0.1) is 5.92 Å². The lowest BCUT2D eigenvalue weighted by Crippen LogP contribution is -2.59. The van der Waals surface area contributed by atoms with Crippen LogP contribution in [0.25, 0.3) is 0 Å². The minimum absolute atomic E-state index is 0.00502. The highest BCUT2D eigenvalue weighted by molar-refractivity contribution is 9.10. The summed E-state index contributed by atoms with van der Waals surface area (Å²) in [5.74, 6) is 0.00429. The van der Waals surface area contributed by atoms with Crippen molar-refractivity contribution in [2.45, 2.75) is 26.4 Å². The fraction of sp³-hybridized carbons (Fsp3) is 0.429. The summed E-state index contributed by atoms with van der Waals surface area (Å²) in [6.07, 6.45) is 0. The number of nitrogens with one attached hydrogen (secondary N) is 1. The van der Waals surface area contributed by atoms with E-state index in [-0.39, 0.29) is 24.3 Å². The fourth-order valence-corrected chi connectivity index (χ4v) is 2.62. The number of nitrogens with zero attached hydrogens (tertiary/aromatic N) is 1. The van der Waals surface area contributed by atoms with Crippen LogP contribution in [0.4, 0.5) is 0 Å². The van der Waals surface area contributed by atoms with E-state index < -0.39 is 6.04 Å². The third-order valence-corrected chi connectivity index (χ3v) is 3.65. The van der Waals surface area contributed by atoms with Crippen molar-refractivity contribution in [1.82, 2.24) is 10.2 Å². The van der Waals surface area contributed by atoms with Crippen molar-refractivity contribution in [3.8, 4) is 0 Å². The maximum absolute atomic E-state index is 12.3. The zero-order valence-electron chi connectivity index (χ0n) is 11.0. The Kier molecular flexibility index (Phi) is 4.24. The number of carbonyl (C=O) groups excluding carboxylic acids is 2. The largest absolute Gasteiger partial charge is 0.343 e. The third kappa shape index (κ3) is 3.35. The molecule has 1 aliphatic heterocycles. The molecule has 4 nitrogen and oxygen atoms in total. The average molecular weight is 325 g/mol. The number of hydrogen-bond donors (Lipinski definition) is 1. The molecule has 1 fully saturated rings. The van der Waals surface area contributed by atoms with Gasteiger partial charge in [-0.1, -0.05) is 41.9 Å². The molecule has 5 heteroatoms.